The molecule has 0 atom stereocenters. The van der Waals surface area contributed by atoms with Gasteiger partial charge in [0.25, 0.3) is 0 Å². The van der Waals surface area contributed by atoms with E-state index in [-0.39, 0.29) is 5.78 Å². The second-order valence-electron chi connectivity index (χ2n) is 3.00. The van der Waals surface area contributed by atoms with Gasteiger partial charge >= 0.3 is 0 Å². The highest BCUT2D eigenvalue weighted by Gasteiger charge is 2.10. The molecule has 1 aromatic rings. The first-order chi connectivity index (χ1) is 6.88. The molecule has 2 rings (SSSR count). The minimum atomic E-state index is 0.00144. The lowest BCUT2D eigenvalue weighted by Crippen LogP contribution is -2.04. The lowest BCUT2D eigenvalue weighted by molar-refractivity contribution is 0.103. The van der Waals surface area contributed by atoms with Crippen LogP contribution in [0.15, 0.2) is 54.3 Å². The Bertz CT molecular complexity index is 388. The third-order valence-electron chi connectivity index (χ3n) is 2.00. The first-order valence-electron chi connectivity index (χ1n) is 4.46. The number of rotatable bonds is 2. The molecule has 1 heterocycles. The van der Waals surface area contributed by atoms with Gasteiger partial charge in [-0.1, -0.05) is 30.3 Å². The van der Waals surface area contributed by atoms with Gasteiger partial charge in [-0.15, -0.1) is 0 Å². The van der Waals surface area contributed by atoms with Gasteiger partial charge in [-0.3, -0.25) is 4.79 Å². The summed E-state index contributed by atoms with van der Waals surface area (Å²) in [5.41, 5.74) is 1.29. The number of hydrogen-bond acceptors (Lipinski definition) is 2. The normalized spacial score (nSPS) is 14.4. The van der Waals surface area contributed by atoms with Gasteiger partial charge in [0.1, 0.15) is 6.61 Å². The Hall–Kier alpha value is -1.83. The molecule has 1 aliphatic heterocycles. The maximum absolute atomic E-state index is 11.8. The molecule has 0 saturated carbocycles. The molecule has 1 aliphatic rings. The van der Waals surface area contributed by atoms with Crippen molar-refractivity contribution in [2.24, 2.45) is 0 Å². The molecule has 0 N–H and O–H groups in total. The van der Waals surface area contributed by atoms with Crippen LogP contribution >= 0.6 is 0 Å². The van der Waals surface area contributed by atoms with E-state index in [0.717, 1.165) is 0 Å². The third-order valence-corrected chi connectivity index (χ3v) is 2.00. The first-order valence-corrected chi connectivity index (χ1v) is 4.46. The molecule has 2 heteroatoms. The van der Waals surface area contributed by atoms with Crippen LogP contribution in [0.4, 0.5) is 0 Å². The van der Waals surface area contributed by atoms with Gasteiger partial charge in [0.2, 0.25) is 0 Å². The van der Waals surface area contributed by atoms with Crippen molar-refractivity contribution in [1.82, 2.24) is 0 Å². The summed E-state index contributed by atoms with van der Waals surface area (Å²) in [5, 5.41) is 0. The van der Waals surface area contributed by atoms with Crippen LogP contribution < -0.4 is 0 Å². The number of ether oxygens (including phenoxy) is 1. The zero-order valence-electron chi connectivity index (χ0n) is 7.64. The van der Waals surface area contributed by atoms with E-state index in [0.29, 0.717) is 17.7 Å². The Morgan fingerprint density at radius 2 is 2.00 bits per heavy atom. The quantitative estimate of drug-likeness (QED) is 0.662. The summed E-state index contributed by atoms with van der Waals surface area (Å²) in [6.45, 7) is 0.547. The SMILES string of the molecule is O=C(C1=COCC=C1)c1ccccc1. The van der Waals surface area contributed by atoms with Crippen molar-refractivity contribution in [3.8, 4) is 0 Å². The second kappa shape index (κ2) is 3.92. The van der Waals surface area contributed by atoms with Crippen LogP contribution in [0.3, 0.4) is 0 Å². The van der Waals surface area contributed by atoms with E-state index in [4.69, 9.17) is 4.74 Å². The van der Waals surface area contributed by atoms with Gasteiger partial charge in [-0.2, -0.15) is 0 Å². The third kappa shape index (κ3) is 1.74. The number of carbonyl (C=O) groups excluding carboxylic acids is 1. The van der Waals surface area contributed by atoms with Crippen molar-refractivity contribution in [3.05, 3.63) is 59.9 Å². The van der Waals surface area contributed by atoms with E-state index in [1.54, 1.807) is 18.2 Å². The average molecular weight is 186 g/mol. The Kier molecular flexibility index (Phi) is 2.45. The van der Waals surface area contributed by atoms with E-state index in [1.165, 1.54) is 6.26 Å². The van der Waals surface area contributed by atoms with Crippen LogP contribution in [-0.2, 0) is 4.74 Å². The van der Waals surface area contributed by atoms with Gasteiger partial charge in [-0.05, 0) is 12.2 Å². The summed E-state index contributed by atoms with van der Waals surface area (Å²) in [7, 11) is 0. The van der Waals surface area contributed by atoms with Gasteiger partial charge in [-0.25, -0.2) is 0 Å². The van der Waals surface area contributed by atoms with Crippen molar-refractivity contribution in [3.63, 3.8) is 0 Å². The summed E-state index contributed by atoms with van der Waals surface area (Å²) < 4.78 is 5.06. The molecule has 0 aromatic heterocycles. The summed E-state index contributed by atoms with van der Waals surface area (Å²) in [5.74, 6) is 0.00144. The fraction of sp³-hybridized carbons (Fsp3) is 0.0833. The first kappa shape index (κ1) is 8.75. The van der Waals surface area contributed by atoms with E-state index in [1.807, 2.05) is 24.3 Å². The topological polar surface area (TPSA) is 26.3 Å². The number of hydrogen-bond donors (Lipinski definition) is 0. The van der Waals surface area contributed by atoms with E-state index < -0.39 is 0 Å². The van der Waals surface area contributed by atoms with E-state index in [9.17, 15) is 4.79 Å². The maximum atomic E-state index is 11.8. The molecule has 14 heavy (non-hydrogen) atoms. The predicted octanol–water partition coefficient (Wildman–Crippen LogP) is 2.34. The van der Waals surface area contributed by atoms with Gasteiger partial charge in [0.15, 0.2) is 5.78 Å². The second-order valence-corrected chi connectivity index (χ2v) is 3.00. The van der Waals surface area contributed by atoms with Crippen molar-refractivity contribution in [1.29, 1.82) is 0 Å². The smallest absolute Gasteiger partial charge is 0.196 e. The van der Waals surface area contributed by atoms with Crippen LogP contribution in [0.5, 0.6) is 0 Å². The number of Topliss-reactive ketones (excluding diaryl/α,β-unsaturated/α-hetero) is 1. The predicted molar refractivity (Wildman–Crippen MR) is 53.9 cm³/mol. The van der Waals surface area contributed by atoms with Crippen LogP contribution in [0.2, 0.25) is 0 Å². The Morgan fingerprint density at radius 3 is 2.64 bits per heavy atom. The molecule has 0 fully saturated rings. The lowest BCUT2D eigenvalue weighted by Gasteiger charge is -2.06. The summed E-state index contributed by atoms with van der Waals surface area (Å²) >= 11 is 0. The number of carbonyl (C=O) groups is 1. The molecule has 0 bridgehead atoms. The minimum absolute atomic E-state index is 0.00144. The molecule has 1 aromatic carbocycles. The zero-order chi connectivity index (χ0) is 9.80. The number of benzene rings is 1. The van der Waals surface area contributed by atoms with Crippen molar-refractivity contribution in [2.45, 2.75) is 0 Å². The minimum Gasteiger partial charge on any atom is -0.496 e. The van der Waals surface area contributed by atoms with Crippen LogP contribution in [-0.4, -0.2) is 12.4 Å². The van der Waals surface area contributed by atoms with Crippen molar-refractivity contribution in [2.75, 3.05) is 6.61 Å². The summed E-state index contributed by atoms with van der Waals surface area (Å²) in [4.78, 5) is 11.8. The molecule has 0 amide bonds. The number of allylic oxidation sites excluding steroid dienone is 2. The van der Waals surface area contributed by atoms with Crippen LogP contribution in [0, 0.1) is 0 Å². The highest BCUT2D eigenvalue weighted by atomic mass is 16.5. The number of ketones is 1. The molecule has 0 spiro atoms. The van der Waals surface area contributed by atoms with Crippen molar-refractivity contribution >= 4 is 5.78 Å². The molecule has 0 saturated heterocycles. The van der Waals surface area contributed by atoms with Crippen LogP contribution in [0.1, 0.15) is 10.4 Å². The van der Waals surface area contributed by atoms with Crippen molar-refractivity contribution < 1.29 is 9.53 Å². The highest BCUT2D eigenvalue weighted by Crippen LogP contribution is 2.11. The van der Waals surface area contributed by atoms with Crippen LogP contribution in [0.25, 0.3) is 0 Å². The highest BCUT2D eigenvalue weighted by molar-refractivity contribution is 6.10. The Balaban J connectivity index is 2.25. The molecule has 2 nitrogen and oxygen atoms in total. The average Bonchev–Trinajstić information content (AvgIpc) is 2.30. The monoisotopic (exact) mass is 186 g/mol. The zero-order valence-corrected chi connectivity index (χ0v) is 7.64. The molecule has 70 valence electrons. The molecular weight excluding hydrogens is 176 g/mol. The van der Waals surface area contributed by atoms with E-state index in [2.05, 4.69) is 0 Å². The summed E-state index contributed by atoms with van der Waals surface area (Å²) in [6, 6.07) is 9.18. The lowest BCUT2D eigenvalue weighted by atomic mass is 10.0. The van der Waals surface area contributed by atoms with Gasteiger partial charge in [0, 0.05) is 5.56 Å². The Labute approximate surface area is 82.5 Å². The largest absolute Gasteiger partial charge is 0.496 e. The molecular formula is C12H10O2. The maximum Gasteiger partial charge on any atom is 0.196 e. The fourth-order valence-corrected chi connectivity index (χ4v) is 1.29. The standard InChI is InChI=1S/C12H10O2/c13-12(10-5-2-1-3-6-10)11-7-4-8-14-9-11/h1-7,9H,8H2. The summed E-state index contributed by atoms with van der Waals surface area (Å²) in [6.07, 6.45) is 5.13. The molecule has 0 unspecified atom stereocenters. The van der Waals surface area contributed by atoms with Gasteiger partial charge in [0.05, 0.1) is 11.8 Å². The van der Waals surface area contributed by atoms with E-state index >= 15 is 0 Å². The molecule has 0 radical (unpaired) electrons. The molecule has 0 aliphatic carbocycles. The Morgan fingerprint density at radius 1 is 1.21 bits per heavy atom. The fourth-order valence-electron chi connectivity index (χ4n) is 1.29. The van der Waals surface area contributed by atoms with Gasteiger partial charge < -0.3 is 4.74 Å².